The zero-order valence-corrected chi connectivity index (χ0v) is 21.7. The van der Waals surface area contributed by atoms with Gasteiger partial charge in [-0.3, -0.25) is 9.97 Å². The highest BCUT2D eigenvalue weighted by atomic mass is 35.5. The molecule has 0 aliphatic heterocycles. The molecule has 5 aromatic rings. The molecule has 2 heterocycles. The minimum atomic E-state index is -4.15. The molecule has 38 heavy (non-hydrogen) atoms. The molecular weight excluding hydrogens is 520 g/mol. The summed E-state index contributed by atoms with van der Waals surface area (Å²) in [5.74, 6) is -0.356. The second-order valence-electron chi connectivity index (χ2n) is 8.58. The van der Waals surface area contributed by atoms with Gasteiger partial charge in [-0.1, -0.05) is 72.3 Å². The third-order valence-electron chi connectivity index (χ3n) is 6.14. The van der Waals surface area contributed by atoms with E-state index in [2.05, 4.69) is 16.4 Å². The number of halogens is 1. The fourth-order valence-corrected chi connectivity index (χ4v) is 5.77. The van der Waals surface area contributed by atoms with Crippen LogP contribution in [0.1, 0.15) is 17.2 Å². The zero-order valence-electron chi connectivity index (χ0n) is 20.1. The molecule has 0 saturated carbocycles. The summed E-state index contributed by atoms with van der Waals surface area (Å²) < 4.78 is 27.5. The Balaban J connectivity index is 1.45. The van der Waals surface area contributed by atoms with Crippen LogP contribution in [0.4, 0.5) is 4.79 Å². The van der Waals surface area contributed by atoms with Crippen LogP contribution in [-0.2, 0) is 10.0 Å². The summed E-state index contributed by atoms with van der Waals surface area (Å²) in [5.41, 5.74) is 3.53. The average Bonchev–Trinajstić information content (AvgIpc) is 2.93. The minimum absolute atomic E-state index is 0.0266. The molecule has 0 fully saturated rings. The maximum atomic E-state index is 12.7. The standard InChI is InChI=1S/C29H23ClN4O3S/c30-26-10-4-5-11-27(26)38(36,37)34-29(35)33-19-25(21-7-2-1-3-8-21)28-24(9-6-15-32-28)22-13-12-20-14-16-31-18-23(20)17-22/h1-18,25H,19H2,(H2,33,34,35). The van der Waals surface area contributed by atoms with Crippen LogP contribution in [0.5, 0.6) is 0 Å². The molecule has 9 heteroatoms. The van der Waals surface area contributed by atoms with E-state index in [0.717, 1.165) is 33.2 Å². The fraction of sp³-hybridized carbons (Fsp3) is 0.0690. The number of benzene rings is 3. The smallest absolute Gasteiger partial charge is 0.328 e. The third-order valence-corrected chi connectivity index (χ3v) is 7.97. The van der Waals surface area contributed by atoms with Gasteiger partial charge in [0.1, 0.15) is 4.90 Å². The lowest BCUT2D eigenvalue weighted by Gasteiger charge is -2.21. The van der Waals surface area contributed by atoms with E-state index < -0.39 is 16.1 Å². The Labute approximate surface area is 225 Å². The van der Waals surface area contributed by atoms with Crippen molar-refractivity contribution in [3.63, 3.8) is 0 Å². The van der Waals surface area contributed by atoms with Crippen LogP contribution < -0.4 is 10.0 Å². The van der Waals surface area contributed by atoms with E-state index in [9.17, 15) is 13.2 Å². The average molecular weight is 543 g/mol. The third kappa shape index (κ3) is 5.51. The summed E-state index contributed by atoms with van der Waals surface area (Å²) in [6.07, 6.45) is 5.28. The number of hydrogen-bond acceptors (Lipinski definition) is 5. The van der Waals surface area contributed by atoms with Gasteiger partial charge < -0.3 is 5.32 Å². The first-order chi connectivity index (χ1) is 18.4. The predicted octanol–water partition coefficient (Wildman–Crippen LogP) is 5.77. The predicted molar refractivity (Wildman–Crippen MR) is 148 cm³/mol. The molecule has 1 atom stereocenters. The van der Waals surface area contributed by atoms with Crippen molar-refractivity contribution in [2.75, 3.05) is 6.54 Å². The molecule has 0 radical (unpaired) electrons. The number of carbonyl (C=O) groups excluding carboxylic acids is 1. The van der Waals surface area contributed by atoms with Crippen LogP contribution in [0.25, 0.3) is 21.9 Å². The summed E-state index contributed by atoms with van der Waals surface area (Å²) in [6, 6.07) is 26.6. The largest absolute Gasteiger partial charge is 0.336 e. The summed E-state index contributed by atoms with van der Waals surface area (Å²) in [4.78, 5) is 21.5. The van der Waals surface area contributed by atoms with Gasteiger partial charge in [-0.2, -0.15) is 0 Å². The number of hydrogen-bond donors (Lipinski definition) is 2. The Hall–Kier alpha value is -4.27. The van der Waals surface area contributed by atoms with Crippen molar-refractivity contribution in [3.8, 4) is 11.1 Å². The van der Waals surface area contributed by atoms with Gasteiger partial charge in [-0.25, -0.2) is 17.9 Å². The van der Waals surface area contributed by atoms with E-state index in [0.29, 0.717) is 0 Å². The number of amides is 2. The van der Waals surface area contributed by atoms with Crippen LogP contribution in [-0.4, -0.2) is 31.0 Å². The van der Waals surface area contributed by atoms with Crippen molar-refractivity contribution in [3.05, 3.63) is 126 Å². The van der Waals surface area contributed by atoms with Crippen LogP contribution in [0.15, 0.2) is 114 Å². The lowest BCUT2D eigenvalue weighted by molar-refractivity contribution is 0.245. The molecule has 0 aliphatic carbocycles. The van der Waals surface area contributed by atoms with Crippen molar-refractivity contribution < 1.29 is 13.2 Å². The number of carbonyl (C=O) groups is 1. The first-order valence-corrected chi connectivity index (χ1v) is 13.7. The lowest BCUT2D eigenvalue weighted by atomic mass is 9.89. The van der Waals surface area contributed by atoms with Gasteiger partial charge in [0, 0.05) is 42.0 Å². The minimum Gasteiger partial charge on any atom is -0.336 e. The lowest BCUT2D eigenvalue weighted by Crippen LogP contribution is -2.41. The van der Waals surface area contributed by atoms with Gasteiger partial charge in [-0.15, -0.1) is 0 Å². The number of aromatic nitrogens is 2. The van der Waals surface area contributed by atoms with Gasteiger partial charge in [0.2, 0.25) is 0 Å². The van der Waals surface area contributed by atoms with Crippen LogP contribution in [0.3, 0.4) is 0 Å². The molecule has 190 valence electrons. The normalized spacial score (nSPS) is 12.1. The number of pyridine rings is 2. The van der Waals surface area contributed by atoms with Gasteiger partial charge in [-0.05, 0) is 46.8 Å². The Bertz CT molecular complexity index is 1710. The van der Waals surface area contributed by atoms with Gasteiger partial charge in [0.25, 0.3) is 10.0 Å². The molecule has 7 nitrogen and oxygen atoms in total. The molecule has 0 saturated heterocycles. The Morgan fingerprint density at radius 2 is 1.66 bits per heavy atom. The summed E-state index contributed by atoms with van der Waals surface area (Å²) in [5, 5.41) is 4.81. The summed E-state index contributed by atoms with van der Waals surface area (Å²) >= 11 is 6.03. The molecule has 0 aliphatic rings. The molecule has 5 rings (SSSR count). The Kier molecular flexibility index (Phi) is 7.35. The van der Waals surface area contributed by atoms with Gasteiger partial charge in [0.05, 0.1) is 10.7 Å². The number of sulfonamides is 1. The fourth-order valence-electron chi connectivity index (χ4n) is 4.32. The van der Waals surface area contributed by atoms with E-state index in [1.807, 2.05) is 71.6 Å². The van der Waals surface area contributed by atoms with E-state index >= 15 is 0 Å². The highest BCUT2D eigenvalue weighted by Gasteiger charge is 2.24. The van der Waals surface area contributed by atoms with E-state index in [4.69, 9.17) is 16.6 Å². The molecule has 0 spiro atoms. The Morgan fingerprint density at radius 1 is 0.868 bits per heavy atom. The van der Waals surface area contributed by atoms with Crippen molar-refractivity contribution in [1.29, 1.82) is 0 Å². The van der Waals surface area contributed by atoms with E-state index in [-0.39, 0.29) is 22.4 Å². The topological polar surface area (TPSA) is 101 Å². The molecule has 3 aromatic carbocycles. The van der Waals surface area contributed by atoms with Crippen LogP contribution in [0, 0.1) is 0 Å². The number of nitrogens with zero attached hydrogens (tertiary/aromatic N) is 2. The van der Waals surface area contributed by atoms with Crippen molar-refractivity contribution in [2.24, 2.45) is 0 Å². The first kappa shape index (κ1) is 25.4. The molecule has 2 N–H and O–H groups in total. The van der Waals surface area contributed by atoms with Crippen molar-refractivity contribution in [2.45, 2.75) is 10.8 Å². The Morgan fingerprint density at radius 3 is 2.47 bits per heavy atom. The SMILES string of the molecule is O=C(NCC(c1ccccc1)c1ncccc1-c1ccc2ccncc2c1)NS(=O)(=O)c1ccccc1Cl. The highest BCUT2D eigenvalue weighted by Crippen LogP contribution is 2.33. The van der Waals surface area contributed by atoms with Crippen LogP contribution in [0.2, 0.25) is 5.02 Å². The van der Waals surface area contributed by atoms with Gasteiger partial charge in [0.15, 0.2) is 0 Å². The maximum Gasteiger partial charge on any atom is 0.328 e. The second kappa shape index (κ2) is 11.0. The van der Waals surface area contributed by atoms with Crippen molar-refractivity contribution >= 4 is 38.4 Å². The number of nitrogens with one attached hydrogen (secondary N) is 2. The number of urea groups is 1. The summed E-state index contributed by atoms with van der Waals surface area (Å²) in [6.45, 7) is 0.104. The van der Waals surface area contributed by atoms with Gasteiger partial charge >= 0.3 is 6.03 Å². The molecule has 2 amide bonds. The van der Waals surface area contributed by atoms with E-state index in [1.54, 1.807) is 18.5 Å². The first-order valence-electron chi connectivity index (χ1n) is 11.8. The second-order valence-corrected chi connectivity index (χ2v) is 10.6. The monoisotopic (exact) mass is 542 g/mol. The quantitative estimate of drug-likeness (QED) is 0.272. The maximum absolute atomic E-state index is 12.7. The number of fused-ring (bicyclic) bond motifs is 1. The highest BCUT2D eigenvalue weighted by molar-refractivity contribution is 7.90. The van der Waals surface area contributed by atoms with Crippen molar-refractivity contribution in [1.82, 2.24) is 20.0 Å². The summed E-state index contributed by atoms with van der Waals surface area (Å²) in [7, 11) is -4.15. The van der Waals surface area contributed by atoms with Crippen LogP contribution >= 0.6 is 11.6 Å². The molecule has 0 bridgehead atoms. The molecule has 1 unspecified atom stereocenters. The van der Waals surface area contributed by atoms with E-state index in [1.165, 1.54) is 18.2 Å². The zero-order chi connectivity index (χ0) is 26.5. The molecular formula is C29H23ClN4O3S. The number of rotatable bonds is 7. The molecule has 2 aromatic heterocycles.